The number of sulfonamides is 1. The van der Waals surface area contributed by atoms with E-state index in [2.05, 4.69) is 0 Å². The Kier molecular flexibility index (Phi) is 3.11. The molecular weight excluding hydrogens is 255 g/mol. The van der Waals surface area contributed by atoms with Crippen molar-refractivity contribution in [2.75, 3.05) is 12.3 Å². The third-order valence-electron chi connectivity index (χ3n) is 3.35. The average Bonchev–Trinajstić information content (AvgIpc) is 2.58. The zero-order chi connectivity index (χ0) is 13.6. The van der Waals surface area contributed by atoms with Crippen molar-refractivity contribution in [2.45, 2.75) is 37.1 Å². The number of nitrogens with zero attached hydrogens (tertiary/aromatic N) is 1. The van der Waals surface area contributed by atoms with Crippen LogP contribution in [0.3, 0.4) is 0 Å². The summed E-state index contributed by atoms with van der Waals surface area (Å²) < 4.78 is 40.0. The van der Waals surface area contributed by atoms with Gasteiger partial charge >= 0.3 is 0 Å². The van der Waals surface area contributed by atoms with E-state index in [9.17, 15) is 12.8 Å². The summed E-state index contributed by atoms with van der Waals surface area (Å²) in [6.45, 7) is 4.14. The monoisotopic (exact) mass is 272 g/mol. The van der Waals surface area contributed by atoms with Crippen LogP contribution in [0.15, 0.2) is 23.1 Å². The van der Waals surface area contributed by atoms with Crippen LogP contribution in [-0.4, -0.2) is 24.8 Å². The van der Waals surface area contributed by atoms with E-state index in [1.54, 1.807) is 0 Å². The molecule has 2 rings (SSSR count). The Hall–Kier alpha value is -1.14. The highest BCUT2D eigenvalue weighted by Crippen LogP contribution is 2.34. The van der Waals surface area contributed by atoms with E-state index in [-0.39, 0.29) is 10.6 Å². The Morgan fingerprint density at radius 2 is 2.06 bits per heavy atom. The Morgan fingerprint density at radius 3 is 2.56 bits per heavy atom. The molecule has 0 bridgehead atoms. The van der Waals surface area contributed by atoms with Crippen LogP contribution in [0.1, 0.15) is 26.7 Å². The van der Waals surface area contributed by atoms with Crippen molar-refractivity contribution >= 4 is 15.7 Å². The van der Waals surface area contributed by atoms with E-state index < -0.39 is 21.4 Å². The molecule has 0 amide bonds. The first-order valence-corrected chi connectivity index (χ1v) is 7.27. The van der Waals surface area contributed by atoms with Crippen LogP contribution >= 0.6 is 0 Å². The number of hydrogen-bond acceptors (Lipinski definition) is 3. The van der Waals surface area contributed by atoms with Gasteiger partial charge in [-0.3, -0.25) is 0 Å². The third-order valence-corrected chi connectivity index (χ3v) is 5.49. The van der Waals surface area contributed by atoms with Crippen LogP contribution in [-0.2, 0) is 10.0 Å². The highest BCUT2D eigenvalue weighted by Gasteiger charge is 2.41. The van der Waals surface area contributed by atoms with Gasteiger partial charge in [0, 0.05) is 17.8 Å². The largest absolute Gasteiger partial charge is 0.399 e. The van der Waals surface area contributed by atoms with Gasteiger partial charge in [0.25, 0.3) is 0 Å². The number of halogens is 1. The standard InChI is InChI=1S/C12H17FN2O2S/c1-12(2)6-3-7-15(12)18(16,17)11-5-4-9(14)8-10(11)13/h4-5,8H,3,6-7,14H2,1-2H3. The van der Waals surface area contributed by atoms with Crippen molar-refractivity contribution in [3.05, 3.63) is 24.0 Å². The zero-order valence-electron chi connectivity index (χ0n) is 10.5. The molecular formula is C12H17FN2O2S. The molecule has 6 heteroatoms. The molecule has 0 aliphatic carbocycles. The molecule has 1 aromatic carbocycles. The van der Waals surface area contributed by atoms with Crippen molar-refractivity contribution < 1.29 is 12.8 Å². The van der Waals surface area contributed by atoms with E-state index in [0.29, 0.717) is 6.54 Å². The summed E-state index contributed by atoms with van der Waals surface area (Å²) in [5.41, 5.74) is 5.18. The van der Waals surface area contributed by atoms with Crippen molar-refractivity contribution in [2.24, 2.45) is 0 Å². The van der Waals surface area contributed by atoms with Gasteiger partial charge in [-0.1, -0.05) is 0 Å². The summed E-state index contributed by atoms with van der Waals surface area (Å²) in [5.74, 6) is -0.794. The summed E-state index contributed by atoms with van der Waals surface area (Å²) in [4.78, 5) is -0.299. The number of benzene rings is 1. The second-order valence-electron chi connectivity index (χ2n) is 5.18. The van der Waals surface area contributed by atoms with Crippen LogP contribution in [0.25, 0.3) is 0 Å². The van der Waals surface area contributed by atoms with Gasteiger partial charge in [-0.05, 0) is 44.9 Å². The van der Waals surface area contributed by atoms with E-state index in [0.717, 1.165) is 18.9 Å². The van der Waals surface area contributed by atoms with E-state index >= 15 is 0 Å². The SMILES string of the molecule is CC1(C)CCCN1S(=O)(=O)c1ccc(N)cc1F. The smallest absolute Gasteiger partial charge is 0.246 e. The van der Waals surface area contributed by atoms with E-state index in [1.165, 1.54) is 16.4 Å². The van der Waals surface area contributed by atoms with Crippen LogP contribution < -0.4 is 5.73 Å². The lowest BCUT2D eigenvalue weighted by molar-refractivity contribution is 0.290. The first kappa shape index (κ1) is 13.3. The fraction of sp³-hybridized carbons (Fsp3) is 0.500. The minimum atomic E-state index is -3.79. The zero-order valence-corrected chi connectivity index (χ0v) is 11.3. The summed E-state index contributed by atoms with van der Waals surface area (Å²) in [6.07, 6.45) is 1.58. The van der Waals surface area contributed by atoms with Gasteiger partial charge in [-0.25, -0.2) is 12.8 Å². The Balaban J connectivity index is 2.49. The summed E-state index contributed by atoms with van der Waals surface area (Å²) in [5, 5.41) is 0. The van der Waals surface area contributed by atoms with Crippen LogP contribution in [0.4, 0.5) is 10.1 Å². The molecule has 0 unspecified atom stereocenters. The Bertz CT molecular complexity index is 569. The molecule has 0 aromatic heterocycles. The topological polar surface area (TPSA) is 63.4 Å². The van der Waals surface area contributed by atoms with Gasteiger partial charge in [0.05, 0.1) is 0 Å². The second-order valence-corrected chi connectivity index (χ2v) is 7.01. The fourth-order valence-corrected chi connectivity index (χ4v) is 4.27. The molecule has 0 saturated carbocycles. The van der Waals surface area contributed by atoms with Gasteiger partial charge in [0.1, 0.15) is 10.7 Å². The molecule has 0 spiro atoms. The van der Waals surface area contributed by atoms with Gasteiger partial charge in [0.15, 0.2) is 0 Å². The third kappa shape index (κ3) is 2.10. The minimum absolute atomic E-state index is 0.215. The number of nitrogen functional groups attached to an aromatic ring is 1. The molecule has 4 nitrogen and oxygen atoms in total. The number of rotatable bonds is 2. The highest BCUT2D eigenvalue weighted by atomic mass is 32.2. The molecule has 0 radical (unpaired) electrons. The summed E-state index contributed by atoms with van der Waals surface area (Å²) in [7, 11) is -3.79. The van der Waals surface area contributed by atoms with E-state index in [1.807, 2.05) is 13.8 Å². The van der Waals surface area contributed by atoms with Crippen molar-refractivity contribution in [3.63, 3.8) is 0 Å². The quantitative estimate of drug-likeness (QED) is 0.837. The highest BCUT2D eigenvalue weighted by molar-refractivity contribution is 7.89. The maximum absolute atomic E-state index is 13.8. The van der Waals surface area contributed by atoms with Crippen molar-refractivity contribution in [1.82, 2.24) is 4.31 Å². The second kappa shape index (κ2) is 4.20. The summed E-state index contributed by atoms with van der Waals surface area (Å²) in [6, 6.07) is 3.67. The molecule has 1 aliphatic rings. The van der Waals surface area contributed by atoms with Crippen LogP contribution in [0.5, 0.6) is 0 Å². The lowest BCUT2D eigenvalue weighted by atomic mass is 10.0. The molecule has 1 aromatic rings. The Labute approximate surface area is 107 Å². The Morgan fingerprint density at radius 1 is 1.39 bits per heavy atom. The molecule has 1 heterocycles. The first-order chi connectivity index (χ1) is 8.25. The molecule has 2 N–H and O–H groups in total. The summed E-state index contributed by atoms with van der Waals surface area (Å²) >= 11 is 0. The number of hydrogen-bond donors (Lipinski definition) is 1. The van der Waals surface area contributed by atoms with Gasteiger partial charge in [-0.15, -0.1) is 0 Å². The van der Waals surface area contributed by atoms with Crippen molar-refractivity contribution in [3.8, 4) is 0 Å². The van der Waals surface area contributed by atoms with Gasteiger partial charge in [-0.2, -0.15) is 4.31 Å². The van der Waals surface area contributed by atoms with Gasteiger partial charge in [0.2, 0.25) is 10.0 Å². The molecule has 18 heavy (non-hydrogen) atoms. The number of nitrogens with two attached hydrogens (primary N) is 1. The normalized spacial score (nSPS) is 20.2. The van der Waals surface area contributed by atoms with E-state index in [4.69, 9.17) is 5.73 Å². The first-order valence-electron chi connectivity index (χ1n) is 5.83. The predicted octanol–water partition coefficient (Wildman–Crippen LogP) is 1.97. The minimum Gasteiger partial charge on any atom is -0.399 e. The molecule has 1 aliphatic heterocycles. The maximum Gasteiger partial charge on any atom is 0.246 e. The predicted molar refractivity (Wildman–Crippen MR) is 68.0 cm³/mol. The molecule has 0 atom stereocenters. The van der Waals surface area contributed by atoms with Crippen LogP contribution in [0, 0.1) is 5.82 Å². The number of anilines is 1. The molecule has 1 saturated heterocycles. The lowest BCUT2D eigenvalue weighted by Gasteiger charge is -2.30. The van der Waals surface area contributed by atoms with Crippen molar-refractivity contribution in [1.29, 1.82) is 0 Å². The van der Waals surface area contributed by atoms with Crippen LogP contribution in [0.2, 0.25) is 0 Å². The molecule has 100 valence electrons. The molecule has 1 fully saturated rings. The lowest BCUT2D eigenvalue weighted by Crippen LogP contribution is -2.42. The maximum atomic E-state index is 13.8. The fourth-order valence-electron chi connectivity index (χ4n) is 2.37. The van der Waals surface area contributed by atoms with Gasteiger partial charge < -0.3 is 5.73 Å². The average molecular weight is 272 g/mol.